The Morgan fingerprint density at radius 1 is 0.862 bits per heavy atom. The normalized spacial score (nSPS) is 13.8. The van der Waals surface area contributed by atoms with E-state index in [2.05, 4.69) is 21.2 Å². The summed E-state index contributed by atoms with van der Waals surface area (Å²) in [6.45, 7) is 0. The first-order valence-corrected chi connectivity index (χ1v) is 9.73. The third kappa shape index (κ3) is 3.67. The van der Waals surface area contributed by atoms with Gasteiger partial charge in [-0.15, -0.1) is 0 Å². The molecular formula is C23H17BrN2O3. The Labute approximate surface area is 176 Å². The number of hydrogen-bond acceptors (Lipinski definition) is 4. The van der Waals surface area contributed by atoms with Gasteiger partial charge in [-0.3, -0.25) is 9.59 Å². The van der Waals surface area contributed by atoms with Crippen LogP contribution in [0.2, 0.25) is 0 Å². The summed E-state index contributed by atoms with van der Waals surface area (Å²) < 4.78 is 6.04. The van der Waals surface area contributed by atoms with Gasteiger partial charge in [-0.2, -0.15) is 0 Å². The minimum Gasteiger partial charge on any atom is -0.497 e. The van der Waals surface area contributed by atoms with Gasteiger partial charge in [0.15, 0.2) is 0 Å². The molecule has 3 aromatic carbocycles. The van der Waals surface area contributed by atoms with Crippen molar-refractivity contribution in [2.24, 2.45) is 0 Å². The minimum absolute atomic E-state index is 0.231. The Bertz CT molecular complexity index is 1130. The number of carbonyl (C=O) groups is 2. The molecule has 1 aliphatic heterocycles. The highest BCUT2D eigenvalue weighted by Crippen LogP contribution is 2.34. The van der Waals surface area contributed by atoms with Crippen molar-refractivity contribution in [3.63, 3.8) is 0 Å². The lowest BCUT2D eigenvalue weighted by molar-refractivity contribution is -0.120. The highest BCUT2D eigenvalue weighted by atomic mass is 79.9. The van der Waals surface area contributed by atoms with Crippen LogP contribution in [-0.4, -0.2) is 18.9 Å². The molecule has 1 N–H and O–H groups in total. The largest absolute Gasteiger partial charge is 0.497 e. The van der Waals surface area contributed by atoms with Gasteiger partial charge in [-0.1, -0.05) is 58.4 Å². The standard InChI is InChI=1S/C23H17BrN2O3/c1-29-19-12-6-10-17(14-19)25-21-20(15-7-3-2-4-8-15)22(27)26(23(21)28)18-11-5-9-16(24)13-18/h2-14,25H,1H3. The fourth-order valence-corrected chi connectivity index (χ4v) is 3.60. The zero-order valence-corrected chi connectivity index (χ0v) is 17.1. The molecule has 0 aromatic heterocycles. The van der Waals surface area contributed by atoms with Gasteiger partial charge in [0.05, 0.1) is 18.4 Å². The van der Waals surface area contributed by atoms with E-state index in [-0.39, 0.29) is 11.6 Å². The molecule has 0 saturated heterocycles. The van der Waals surface area contributed by atoms with Crippen molar-refractivity contribution in [1.29, 1.82) is 0 Å². The van der Waals surface area contributed by atoms with E-state index in [1.807, 2.05) is 54.6 Å². The van der Waals surface area contributed by atoms with Crippen molar-refractivity contribution >= 4 is 44.7 Å². The summed E-state index contributed by atoms with van der Waals surface area (Å²) in [7, 11) is 1.58. The number of amides is 2. The summed E-state index contributed by atoms with van der Waals surface area (Å²) in [5.74, 6) is -0.128. The maximum atomic E-state index is 13.3. The molecule has 1 heterocycles. The monoisotopic (exact) mass is 448 g/mol. The highest BCUT2D eigenvalue weighted by molar-refractivity contribution is 9.10. The number of ether oxygens (including phenoxy) is 1. The number of rotatable bonds is 5. The Kier molecular flexibility index (Phi) is 5.18. The Morgan fingerprint density at radius 3 is 2.34 bits per heavy atom. The van der Waals surface area contributed by atoms with E-state index in [4.69, 9.17) is 4.74 Å². The smallest absolute Gasteiger partial charge is 0.282 e. The fraction of sp³-hybridized carbons (Fsp3) is 0.0435. The van der Waals surface area contributed by atoms with E-state index in [9.17, 15) is 9.59 Å². The van der Waals surface area contributed by atoms with Crippen molar-refractivity contribution in [2.45, 2.75) is 0 Å². The van der Waals surface area contributed by atoms with Gasteiger partial charge in [0.25, 0.3) is 11.8 Å². The number of hydrogen-bond donors (Lipinski definition) is 1. The Balaban J connectivity index is 1.81. The molecule has 0 fully saturated rings. The summed E-state index contributed by atoms with van der Waals surface area (Å²) in [6.07, 6.45) is 0. The van der Waals surface area contributed by atoms with E-state index in [0.29, 0.717) is 28.3 Å². The SMILES string of the molecule is COc1cccc(NC2=C(c3ccccc3)C(=O)N(c3cccc(Br)c3)C2=O)c1. The van der Waals surface area contributed by atoms with E-state index < -0.39 is 5.91 Å². The second-order valence-corrected chi connectivity index (χ2v) is 7.31. The van der Waals surface area contributed by atoms with Crippen molar-refractivity contribution in [3.8, 4) is 5.75 Å². The fourth-order valence-electron chi connectivity index (χ4n) is 3.21. The van der Waals surface area contributed by atoms with E-state index in [1.165, 1.54) is 4.90 Å². The van der Waals surface area contributed by atoms with Crippen LogP contribution in [0.3, 0.4) is 0 Å². The summed E-state index contributed by atoms with van der Waals surface area (Å²) in [5.41, 5.74) is 2.40. The molecule has 0 radical (unpaired) electrons. The number of nitrogens with zero attached hydrogens (tertiary/aromatic N) is 1. The summed E-state index contributed by atoms with van der Waals surface area (Å²) >= 11 is 3.40. The first kappa shape index (κ1) is 19.0. The molecule has 0 spiro atoms. The molecule has 4 rings (SSSR count). The Hall–Kier alpha value is -3.38. The molecule has 0 atom stereocenters. The summed E-state index contributed by atoms with van der Waals surface area (Å²) in [4.78, 5) is 27.8. The van der Waals surface area contributed by atoms with Gasteiger partial charge in [-0.05, 0) is 35.9 Å². The Morgan fingerprint density at radius 2 is 1.62 bits per heavy atom. The number of imide groups is 1. The van der Waals surface area contributed by atoms with Crippen molar-refractivity contribution in [3.05, 3.63) is 94.6 Å². The van der Waals surface area contributed by atoms with Crippen LogP contribution in [-0.2, 0) is 9.59 Å². The first-order chi connectivity index (χ1) is 14.1. The molecule has 3 aromatic rings. The van der Waals surface area contributed by atoms with Gasteiger partial charge < -0.3 is 10.1 Å². The molecule has 0 saturated carbocycles. The second-order valence-electron chi connectivity index (χ2n) is 6.40. The van der Waals surface area contributed by atoms with Crippen LogP contribution in [0.15, 0.2) is 89.0 Å². The average molecular weight is 449 g/mol. The zero-order chi connectivity index (χ0) is 20.4. The van der Waals surface area contributed by atoms with Crippen LogP contribution in [0.1, 0.15) is 5.56 Å². The molecule has 144 valence electrons. The van der Waals surface area contributed by atoms with Gasteiger partial charge in [0.1, 0.15) is 11.4 Å². The first-order valence-electron chi connectivity index (χ1n) is 8.93. The van der Waals surface area contributed by atoms with E-state index >= 15 is 0 Å². The van der Waals surface area contributed by atoms with Crippen LogP contribution in [0, 0.1) is 0 Å². The highest BCUT2D eigenvalue weighted by Gasteiger charge is 2.40. The van der Waals surface area contributed by atoms with E-state index in [1.54, 1.807) is 31.4 Å². The topological polar surface area (TPSA) is 58.6 Å². The minimum atomic E-state index is -0.408. The predicted molar refractivity (Wildman–Crippen MR) is 117 cm³/mol. The lowest BCUT2D eigenvalue weighted by Gasteiger charge is -2.15. The zero-order valence-electron chi connectivity index (χ0n) is 15.6. The lowest BCUT2D eigenvalue weighted by atomic mass is 10.0. The quantitative estimate of drug-likeness (QED) is 0.566. The number of carbonyl (C=O) groups excluding carboxylic acids is 2. The van der Waals surface area contributed by atoms with Crippen LogP contribution >= 0.6 is 15.9 Å². The van der Waals surface area contributed by atoms with Crippen molar-refractivity contribution in [1.82, 2.24) is 0 Å². The lowest BCUT2D eigenvalue weighted by Crippen LogP contribution is -2.32. The van der Waals surface area contributed by atoms with Crippen LogP contribution in [0.25, 0.3) is 5.57 Å². The third-order valence-corrected chi connectivity index (χ3v) is 5.05. The second kappa shape index (κ2) is 7.93. The maximum absolute atomic E-state index is 13.3. The number of methoxy groups -OCH3 is 1. The molecule has 0 unspecified atom stereocenters. The number of nitrogens with one attached hydrogen (secondary N) is 1. The number of benzene rings is 3. The molecule has 29 heavy (non-hydrogen) atoms. The predicted octanol–water partition coefficient (Wildman–Crippen LogP) is 4.85. The molecule has 1 aliphatic rings. The van der Waals surface area contributed by atoms with Gasteiger partial charge in [-0.25, -0.2) is 4.90 Å². The molecule has 5 nitrogen and oxygen atoms in total. The van der Waals surface area contributed by atoms with Crippen LogP contribution in [0.5, 0.6) is 5.75 Å². The summed E-state index contributed by atoms with van der Waals surface area (Å²) in [6, 6.07) is 23.5. The van der Waals surface area contributed by atoms with Crippen LogP contribution in [0.4, 0.5) is 11.4 Å². The molecule has 6 heteroatoms. The average Bonchev–Trinajstić information content (AvgIpc) is 2.98. The van der Waals surface area contributed by atoms with Gasteiger partial charge >= 0.3 is 0 Å². The van der Waals surface area contributed by atoms with Crippen molar-refractivity contribution in [2.75, 3.05) is 17.3 Å². The maximum Gasteiger partial charge on any atom is 0.282 e. The van der Waals surface area contributed by atoms with Gasteiger partial charge in [0, 0.05) is 16.2 Å². The van der Waals surface area contributed by atoms with Gasteiger partial charge in [0.2, 0.25) is 0 Å². The van der Waals surface area contributed by atoms with E-state index in [0.717, 1.165) is 4.47 Å². The summed E-state index contributed by atoms with van der Waals surface area (Å²) in [5, 5.41) is 3.13. The number of halogens is 1. The molecular weight excluding hydrogens is 432 g/mol. The van der Waals surface area contributed by atoms with Crippen molar-refractivity contribution < 1.29 is 14.3 Å². The van der Waals surface area contributed by atoms with Crippen LogP contribution < -0.4 is 15.0 Å². The molecule has 0 bridgehead atoms. The molecule has 2 amide bonds. The molecule has 0 aliphatic carbocycles. The number of anilines is 2. The third-order valence-electron chi connectivity index (χ3n) is 4.55.